The maximum Gasteiger partial charge on any atom is 0.224 e. The maximum absolute atomic E-state index is 12.8. The quantitative estimate of drug-likeness (QED) is 0.844. The van der Waals surface area contributed by atoms with Crippen molar-refractivity contribution in [2.75, 3.05) is 12.9 Å². The number of rotatable bonds is 4. The zero-order valence-electron chi connectivity index (χ0n) is 14.3. The monoisotopic (exact) mass is 354 g/mol. The van der Waals surface area contributed by atoms with Crippen LogP contribution in [0.15, 0.2) is 53.7 Å². The SMILES string of the molecule is COc1ccc(CNC(=O)C2CSC34CC=CCC3=NC=CC24)cc1. The summed E-state index contributed by atoms with van der Waals surface area (Å²) in [7, 11) is 1.65. The Kier molecular flexibility index (Phi) is 4.42. The Labute approximate surface area is 152 Å². The van der Waals surface area contributed by atoms with E-state index in [2.05, 4.69) is 28.5 Å². The van der Waals surface area contributed by atoms with Gasteiger partial charge in [0.1, 0.15) is 5.75 Å². The van der Waals surface area contributed by atoms with Crippen molar-refractivity contribution in [1.82, 2.24) is 5.32 Å². The van der Waals surface area contributed by atoms with E-state index in [-0.39, 0.29) is 22.5 Å². The van der Waals surface area contributed by atoms with Gasteiger partial charge in [0.15, 0.2) is 0 Å². The lowest BCUT2D eigenvalue weighted by atomic mass is 9.73. The first-order chi connectivity index (χ1) is 12.2. The second-order valence-corrected chi connectivity index (χ2v) is 8.05. The molecular weight excluding hydrogens is 332 g/mol. The zero-order valence-corrected chi connectivity index (χ0v) is 15.1. The van der Waals surface area contributed by atoms with Gasteiger partial charge in [-0.05, 0) is 24.1 Å². The van der Waals surface area contributed by atoms with E-state index in [4.69, 9.17) is 4.74 Å². The van der Waals surface area contributed by atoms with Crippen LogP contribution >= 0.6 is 11.8 Å². The van der Waals surface area contributed by atoms with Crippen LogP contribution in [0.3, 0.4) is 0 Å². The van der Waals surface area contributed by atoms with Gasteiger partial charge in [-0.15, -0.1) is 11.8 Å². The molecule has 1 aliphatic carbocycles. The summed E-state index contributed by atoms with van der Waals surface area (Å²) in [5.41, 5.74) is 2.31. The first-order valence-corrected chi connectivity index (χ1v) is 9.65. The highest BCUT2D eigenvalue weighted by molar-refractivity contribution is 8.01. The molecule has 25 heavy (non-hydrogen) atoms. The number of aliphatic imine (C=N–C) groups is 1. The Morgan fingerprint density at radius 2 is 2.20 bits per heavy atom. The van der Waals surface area contributed by atoms with E-state index >= 15 is 0 Å². The highest BCUT2D eigenvalue weighted by Crippen LogP contribution is 2.53. The van der Waals surface area contributed by atoms with E-state index in [1.165, 1.54) is 5.71 Å². The van der Waals surface area contributed by atoms with Gasteiger partial charge in [-0.1, -0.05) is 30.4 Å². The molecule has 4 rings (SSSR count). The number of nitrogens with one attached hydrogen (secondary N) is 1. The normalized spacial score (nSPS) is 29.6. The molecule has 5 heteroatoms. The second kappa shape index (κ2) is 6.71. The number of ether oxygens (including phenoxy) is 1. The summed E-state index contributed by atoms with van der Waals surface area (Å²) in [6.45, 7) is 0.550. The van der Waals surface area contributed by atoms with Gasteiger partial charge < -0.3 is 10.1 Å². The molecule has 1 fully saturated rings. The molecule has 1 amide bonds. The standard InChI is InChI=1S/C20H22N2O2S/c1-24-15-7-5-14(6-8-15)12-22-19(23)16-13-25-20-10-3-2-4-18(20)21-11-9-17(16)20/h2-3,5-9,11,16-17H,4,10,12-13H2,1H3,(H,22,23). The van der Waals surface area contributed by atoms with Gasteiger partial charge in [-0.25, -0.2) is 0 Å². The van der Waals surface area contributed by atoms with Gasteiger partial charge in [0.2, 0.25) is 5.91 Å². The molecule has 1 N–H and O–H groups in total. The van der Waals surface area contributed by atoms with Crippen molar-refractivity contribution in [2.24, 2.45) is 16.8 Å². The van der Waals surface area contributed by atoms with Gasteiger partial charge in [0.05, 0.1) is 17.8 Å². The predicted octanol–water partition coefficient (Wildman–Crippen LogP) is 3.35. The van der Waals surface area contributed by atoms with Crippen molar-refractivity contribution in [3.05, 3.63) is 54.3 Å². The molecule has 0 radical (unpaired) electrons. The molecule has 3 atom stereocenters. The minimum absolute atomic E-state index is 0.00558. The fourth-order valence-electron chi connectivity index (χ4n) is 3.96. The summed E-state index contributed by atoms with van der Waals surface area (Å²) in [6, 6.07) is 7.81. The molecular formula is C20H22N2O2S. The minimum atomic E-state index is 0.00558. The molecule has 1 spiro atoms. The first-order valence-electron chi connectivity index (χ1n) is 8.66. The van der Waals surface area contributed by atoms with Crippen LogP contribution in [0.4, 0.5) is 0 Å². The summed E-state index contributed by atoms with van der Waals surface area (Å²) < 4.78 is 5.18. The Hall–Kier alpha value is -2.01. The van der Waals surface area contributed by atoms with Crippen molar-refractivity contribution >= 4 is 23.4 Å². The fourth-order valence-corrected chi connectivity index (χ4v) is 5.75. The Bertz CT molecular complexity index is 753. The fraction of sp³-hybridized carbons (Fsp3) is 0.400. The van der Waals surface area contributed by atoms with Gasteiger partial charge in [-0.3, -0.25) is 9.79 Å². The third-order valence-corrected chi connectivity index (χ3v) is 7.08. The average molecular weight is 354 g/mol. The van der Waals surface area contributed by atoms with E-state index in [9.17, 15) is 4.79 Å². The van der Waals surface area contributed by atoms with Crippen LogP contribution in [0.2, 0.25) is 0 Å². The molecule has 4 nitrogen and oxygen atoms in total. The number of amides is 1. The predicted molar refractivity (Wildman–Crippen MR) is 102 cm³/mol. The molecule has 2 heterocycles. The van der Waals surface area contributed by atoms with E-state index < -0.39 is 0 Å². The van der Waals surface area contributed by atoms with Crippen molar-refractivity contribution in [3.8, 4) is 5.75 Å². The molecule has 0 saturated carbocycles. The van der Waals surface area contributed by atoms with E-state index in [0.717, 1.165) is 29.9 Å². The van der Waals surface area contributed by atoms with Crippen LogP contribution in [0, 0.1) is 11.8 Å². The average Bonchev–Trinajstić information content (AvgIpc) is 3.04. The number of benzene rings is 1. The number of carbonyl (C=O) groups is 1. The zero-order chi connectivity index (χ0) is 17.3. The molecule has 1 aromatic rings. The molecule has 3 unspecified atom stereocenters. The third kappa shape index (κ3) is 2.91. The molecule has 0 bridgehead atoms. The van der Waals surface area contributed by atoms with Gasteiger partial charge in [-0.2, -0.15) is 0 Å². The molecule has 3 aliphatic rings. The number of allylic oxidation sites excluding steroid dienone is 3. The van der Waals surface area contributed by atoms with Crippen molar-refractivity contribution < 1.29 is 9.53 Å². The highest BCUT2D eigenvalue weighted by Gasteiger charge is 2.54. The molecule has 130 valence electrons. The number of carbonyl (C=O) groups excluding carboxylic acids is 1. The Morgan fingerprint density at radius 1 is 1.36 bits per heavy atom. The van der Waals surface area contributed by atoms with Gasteiger partial charge in [0, 0.05) is 36.5 Å². The Morgan fingerprint density at radius 3 is 3.00 bits per heavy atom. The van der Waals surface area contributed by atoms with E-state index in [1.54, 1.807) is 7.11 Å². The van der Waals surface area contributed by atoms with Crippen LogP contribution in [0.1, 0.15) is 18.4 Å². The van der Waals surface area contributed by atoms with Crippen LogP contribution < -0.4 is 10.1 Å². The highest BCUT2D eigenvalue weighted by atomic mass is 32.2. The number of thioether (sulfide) groups is 1. The van der Waals surface area contributed by atoms with Crippen LogP contribution in [0.5, 0.6) is 5.75 Å². The molecule has 1 saturated heterocycles. The molecule has 2 aliphatic heterocycles. The smallest absolute Gasteiger partial charge is 0.224 e. The van der Waals surface area contributed by atoms with Crippen molar-refractivity contribution in [2.45, 2.75) is 24.1 Å². The molecule has 1 aromatic carbocycles. The number of methoxy groups -OCH3 is 1. The number of hydrogen-bond donors (Lipinski definition) is 1. The minimum Gasteiger partial charge on any atom is -0.497 e. The lowest BCUT2D eigenvalue weighted by Crippen LogP contribution is -2.45. The Balaban J connectivity index is 1.44. The summed E-state index contributed by atoms with van der Waals surface area (Å²) in [4.78, 5) is 17.4. The maximum atomic E-state index is 12.8. The first kappa shape index (κ1) is 16.5. The summed E-state index contributed by atoms with van der Waals surface area (Å²) >= 11 is 1.91. The number of nitrogens with zero attached hydrogens (tertiary/aromatic N) is 1. The lowest BCUT2D eigenvalue weighted by molar-refractivity contribution is -0.125. The van der Waals surface area contributed by atoms with Crippen LogP contribution in [0.25, 0.3) is 0 Å². The van der Waals surface area contributed by atoms with E-state index in [1.807, 2.05) is 42.2 Å². The third-order valence-electron chi connectivity index (χ3n) is 5.37. The largest absolute Gasteiger partial charge is 0.497 e. The summed E-state index contributed by atoms with van der Waals surface area (Å²) in [5, 5.41) is 3.12. The summed E-state index contributed by atoms with van der Waals surface area (Å²) in [5.74, 6) is 2.08. The van der Waals surface area contributed by atoms with Gasteiger partial charge in [0.25, 0.3) is 0 Å². The summed E-state index contributed by atoms with van der Waals surface area (Å²) in [6.07, 6.45) is 10.4. The van der Waals surface area contributed by atoms with E-state index in [0.29, 0.717) is 6.54 Å². The number of hydrogen-bond acceptors (Lipinski definition) is 4. The second-order valence-electron chi connectivity index (χ2n) is 6.70. The van der Waals surface area contributed by atoms with Crippen LogP contribution in [-0.4, -0.2) is 29.2 Å². The van der Waals surface area contributed by atoms with Gasteiger partial charge >= 0.3 is 0 Å². The van der Waals surface area contributed by atoms with Crippen LogP contribution in [-0.2, 0) is 11.3 Å². The lowest BCUT2D eigenvalue weighted by Gasteiger charge is -2.38. The van der Waals surface area contributed by atoms with Crippen molar-refractivity contribution in [3.63, 3.8) is 0 Å². The molecule has 0 aromatic heterocycles. The van der Waals surface area contributed by atoms with Crippen molar-refractivity contribution in [1.29, 1.82) is 0 Å². The topological polar surface area (TPSA) is 50.7 Å².